The van der Waals surface area contributed by atoms with E-state index < -0.39 is 10.2 Å². The Morgan fingerprint density at radius 3 is 2.62 bits per heavy atom. The van der Waals surface area contributed by atoms with E-state index in [1.54, 1.807) is 7.11 Å². The number of hydrogen-bond acceptors (Lipinski definition) is 7. The van der Waals surface area contributed by atoms with Crippen LogP contribution in [-0.4, -0.2) is 46.2 Å². The predicted octanol–water partition coefficient (Wildman–Crippen LogP) is 2.13. The molecule has 0 aliphatic rings. The number of carbonyl (C=O) groups excluding carboxylic acids is 1. The number of ether oxygens (including phenoxy) is 2. The Bertz CT molecular complexity index is 869. The number of hydrogen-bond donors (Lipinski definition) is 3. The summed E-state index contributed by atoms with van der Waals surface area (Å²) < 4.78 is 34.2. The largest absolute Gasteiger partial charge is 0.491 e. The van der Waals surface area contributed by atoms with Crippen molar-refractivity contribution in [1.29, 1.82) is 0 Å². The first-order chi connectivity index (χ1) is 13.9. The number of aromatic nitrogens is 1. The zero-order chi connectivity index (χ0) is 21.1. The minimum absolute atomic E-state index is 0.118. The van der Waals surface area contributed by atoms with Crippen LogP contribution in [0.15, 0.2) is 29.6 Å². The maximum Gasteiger partial charge on any atom is 0.274 e. The van der Waals surface area contributed by atoms with Gasteiger partial charge in [0, 0.05) is 31.0 Å². The van der Waals surface area contributed by atoms with E-state index in [9.17, 15) is 13.2 Å². The summed E-state index contributed by atoms with van der Waals surface area (Å²) in [5, 5.41) is 10.1. The minimum atomic E-state index is -3.65. The van der Waals surface area contributed by atoms with Crippen LogP contribution < -0.4 is 19.9 Å². The maximum atomic E-state index is 12.0. The Morgan fingerprint density at radius 2 is 1.93 bits per heavy atom. The minimum Gasteiger partial charge on any atom is -0.491 e. The second-order valence-corrected chi connectivity index (χ2v) is 8.44. The number of unbranched alkanes of at least 4 members (excludes halogenated alkanes) is 2. The van der Waals surface area contributed by atoms with Crippen LogP contribution in [0.1, 0.15) is 25.7 Å². The molecule has 0 saturated heterocycles. The second kappa shape index (κ2) is 11.8. The van der Waals surface area contributed by atoms with Crippen LogP contribution in [0, 0.1) is 0 Å². The molecular formula is C18H26N4O5S2. The van der Waals surface area contributed by atoms with Gasteiger partial charge in [-0.1, -0.05) is 6.42 Å². The van der Waals surface area contributed by atoms with Crippen molar-refractivity contribution in [2.45, 2.75) is 25.7 Å². The fourth-order valence-corrected chi connectivity index (χ4v) is 3.58. The Morgan fingerprint density at radius 1 is 1.17 bits per heavy atom. The molecule has 0 aliphatic carbocycles. The monoisotopic (exact) mass is 442 g/mol. The quantitative estimate of drug-likeness (QED) is 0.407. The average molecular weight is 443 g/mol. The molecule has 1 aromatic carbocycles. The van der Waals surface area contributed by atoms with Crippen LogP contribution in [0.25, 0.3) is 11.3 Å². The number of nitrogens with two attached hydrogens (primary N) is 1. The molecule has 0 radical (unpaired) electrons. The Balaban J connectivity index is 1.73. The highest BCUT2D eigenvalue weighted by atomic mass is 32.2. The molecule has 11 heteroatoms. The smallest absolute Gasteiger partial charge is 0.274 e. The lowest BCUT2D eigenvalue weighted by Gasteiger charge is -2.05. The summed E-state index contributed by atoms with van der Waals surface area (Å²) in [6, 6.07) is 7.57. The molecule has 9 nitrogen and oxygen atoms in total. The van der Waals surface area contributed by atoms with Crippen molar-refractivity contribution < 1.29 is 22.7 Å². The zero-order valence-corrected chi connectivity index (χ0v) is 17.9. The molecule has 1 heterocycles. The lowest BCUT2D eigenvalue weighted by molar-refractivity contribution is -0.116. The van der Waals surface area contributed by atoms with Gasteiger partial charge < -0.3 is 14.8 Å². The highest BCUT2D eigenvalue weighted by Crippen LogP contribution is 2.26. The predicted molar refractivity (Wildman–Crippen MR) is 113 cm³/mol. The fourth-order valence-electron chi connectivity index (χ4n) is 2.41. The normalized spacial score (nSPS) is 11.4. The average Bonchev–Trinajstić information content (AvgIpc) is 3.13. The van der Waals surface area contributed by atoms with Gasteiger partial charge in [0.05, 0.1) is 12.3 Å². The van der Waals surface area contributed by atoms with Crippen LogP contribution in [0.2, 0.25) is 0 Å². The Kier molecular flexibility index (Phi) is 9.48. The van der Waals surface area contributed by atoms with Gasteiger partial charge in [0.25, 0.3) is 10.2 Å². The van der Waals surface area contributed by atoms with E-state index in [0.29, 0.717) is 37.6 Å². The summed E-state index contributed by atoms with van der Waals surface area (Å²) in [7, 11) is -2.02. The van der Waals surface area contributed by atoms with Crippen molar-refractivity contribution in [1.82, 2.24) is 9.71 Å². The van der Waals surface area contributed by atoms with Crippen molar-refractivity contribution in [3.8, 4) is 17.0 Å². The number of nitrogens with one attached hydrogen (secondary N) is 2. The van der Waals surface area contributed by atoms with Gasteiger partial charge in [-0.3, -0.25) is 4.79 Å². The molecular weight excluding hydrogens is 416 g/mol. The first kappa shape index (κ1) is 23.2. The number of rotatable bonds is 13. The van der Waals surface area contributed by atoms with Crippen LogP contribution >= 0.6 is 11.3 Å². The molecule has 0 atom stereocenters. The summed E-state index contributed by atoms with van der Waals surface area (Å²) in [5.41, 5.74) is 1.71. The van der Waals surface area contributed by atoms with Gasteiger partial charge in [-0.25, -0.2) is 14.8 Å². The summed E-state index contributed by atoms with van der Waals surface area (Å²) in [5.74, 6) is 0.640. The fraction of sp³-hybridized carbons (Fsp3) is 0.444. The van der Waals surface area contributed by atoms with Crippen LogP contribution in [0.3, 0.4) is 0 Å². The summed E-state index contributed by atoms with van der Waals surface area (Å²) in [6.45, 7) is 1.29. The number of benzene rings is 1. The topological polar surface area (TPSA) is 133 Å². The molecule has 2 rings (SSSR count). The molecule has 160 valence electrons. The molecule has 0 bridgehead atoms. The first-order valence-corrected chi connectivity index (χ1v) is 11.5. The third-order valence-corrected chi connectivity index (χ3v) is 5.20. The zero-order valence-electron chi connectivity index (χ0n) is 16.2. The van der Waals surface area contributed by atoms with Gasteiger partial charge in [0.1, 0.15) is 12.4 Å². The third kappa shape index (κ3) is 9.33. The third-order valence-electron chi connectivity index (χ3n) is 3.84. The van der Waals surface area contributed by atoms with E-state index >= 15 is 0 Å². The van der Waals surface area contributed by atoms with E-state index in [1.807, 2.05) is 29.6 Å². The molecule has 29 heavy (non-hydrogen) atoms. The van der Waals surface area contributed by atoms with Crippen LogP contribution in [0.5, 0.6) is 5.75 Å². The number of methoxy groups -OCH3 is 1. The second-order valence-electron chi connectivity index (χ2n) is 6.20. The van der Waals surface area contributed by atoms with Crippen molar-refractivity contribution in [3.05, 3.63) is 29.6 Å². The molecule has 0 saturated carbocycles. The van der Waals surface area contributed by atoms with Gasteiger partial charge >= 0.3 is 0 Å². The first-order valence-electron chi connectivity index (χ1n) is 9.12. The highest BCUT2D eigenvalue weighted by molar-refractivity contribution is 7.87. The van der Waals surface area contributed by atoms with Gasteiger partial charge in [-0.05, 0) is 37.1 Å². The number of carbonyl (C=O) groups is 1. The standard InChI is InChI=1S/C18H26N4O5S2/c1-26-11-12-27-15-8-6-14(7-9-15)16-13-28-18(21-16)22-17(23)5-3-2-4-10-20-29(19,24)25/h6-9,13,20H,2-5,10-12H2,1H3,(H2,19,24,25)(H,21,22,23). The molecule has 0 aliphatic heterocycles. The van der Waals surface area contributed by atoms with Gasteiger partial charge in [-0.2, -0.15) is 8.42 Å². The molecule has 0 unspecified atom stereocenters. The molecule has 1 aromatic heterocycles. The van der Waals surface area contributed by atoms with Gasteiger partial charge in [0.15, 0.2) is 5.13 Å². The van der Waals surface area contributed by atoms with Gasteiger partial charge in [0.2, 0.25) is 5.91 Å². The van der Waals surface area contributed by atoms with E-state index in [4.69, 9.17) is 14.6 Å². The van der Waals surface area contributed by atoms with Crippen molar-refractivity contribution in [2.75, 3.05) is 32.2 Å². The van der Waals surface area contributed by atoms with E-state index in [0.717, 1.165) is 23.4 Å². The SMILES string of the molecule is COCCOc1ccc(-c2csc(NC(=O)CCCCCNS(N)(=O)=O)n2)cc1. The lowest BCUT2D eigenvalue weighted by Crippen LogP contribution is -2.31. The van der Waals surface area contributed by atoms with Crippen molar-refractivity contribution in [2.24, 2.45) is 5.14 Å². The van der Waals surface area contributed by atoms with Crippen LogP contribution in [-0.2, 0) is 19.7 Å². The number of nitrogens with zero attached hydrogens (tertiary/aromatic N) is 1. The van der Waals surface area contributed by atoms with E-state index in [2.05, 4.69) is 15.0 Å². The molecule has 0 spiro atoms. The molecule has 1 amide bonds. The Hall–Kier alpha value is -2.05. The molecule has 0 fully saturated rings. The maximum absolute atomic E-state index is 12.0. The number of amides is 1. The molecule has 4 N–H and O–H groups in total. The number of thiazole rings is 1. The van der Waals surface area contributed by atoms with Crippen molar-refractivity contribution in [3.63, 3.8) is 0 Å². The van der Waals surface area contributed by atoms with Crippen molar-refractivity contribution >= 4 is 32.6 Å². The van der Waals surface area contributed by atoms with E-state index in [-0.39, 0.29) is 12.5 Å². The highest BCUT2D eigenvalue weighted by Gasteiger charge is 2.08. The molecule has 2 aromatic rings. The number of anilines is 1. The lowest BCUT2D eigenvalue weighted by atomic mass is 10.2. The Labute approximate surface area is 174 Å². The van der Waals surface area contributed by atoms with E-state index in [1.165, 1.54) is 11.3 Å². The summed E-state index contributed by atoms with van der Waals surface area (Å²) in [4.78, 5) is 16.5. The summed E-state index contributed by atoms with van der Waals surface area (Å²) >= 11 is 1.36. The van der Waals surface area contributed by atoms with Crippen LogP contribution in [0.4, 0.5) is 5.13 Å². The summed E-state index contributed by atoms with van der Waals surface area (Å²) in [6.07, 6.45) is 2.34. The van der Waals surface area contributed by atoms with Gasteiger partial charge in [-0.15, -0.1) is 11.3 Å².